The average molecular weight is 499 g/mol. The summed E-state index contributed by atoms with van der Waals surface area (Å²) in [5, 5.41) is 2.69. The minimum Gasteiger partial charge on any atom is -0.490 e. The van der Waals surface area contributed by atoms with Crippen LogP contribution in [0.4, 0.5) is 0 Å². The van der Waals surface area contributed by atoms with Gasteiger partial charge in [0.25, 0.3) is 0 Å². The number of morpholine rings is 1. The lowest BCUT2D eigenvalue weighted by Gasteiger charge is -2.32. The number of hydrogen-bond donors (Lipinski definition) is 0. The first-order chi connectivity index (χ1) is 18.3. The Labute approximate surface area is 220 Å². The van der Waals surface area contributed by atoms with E-state index in [2.05, 4.69) is 70.5 Å². The minimum absolute atomic E-state index is 0.636. The Bertz CT molecular complexity index is 1230. The van der Waals surface area contributed by atoms with Gasteiger partial charge in [-0.05, 0) is 72.3 Å². The van der Waals surface area contributed by atoms with Gasteiger partial charge in [0.2, 0.25) is 0 Å². The summed E-state index contributed by atoms with van der Waals surface area (Å²) < 4.78 is 17.8. The Hall–Kier alpha value is -2.86. The molecule has 194 valence electrons. The Morgan fingerprint density at radius 3 is 2.54 bits per heavy atom. The quantitative estimate of drug-likeness (QED) is 0.378. The van der Waals surface area contributed by atoms with Crippen molar-refractivity contribution in [3.8, 4) is 11.5 Å². The summed E-state index contributed by atoms with van der Waals surface area (Å²) in [6.45, 7) is 9.36. The van der Waals surface area contributed by atoms with E-state index in [-0.39, 0.29) is 0 Å². The van der Waals surface area contributed by atoms with Crippen LogP contribution in [0.15, 0.2) is 66.2 Å². The van der Waals surface area contributed by atoms with Crippen LogP contribution in [0.3, 0.4) is 0 Å². The van der Waals surface area contributed by atoms with Crippen LogP contribution in [0.2, 0.25) is 0 Å². The Balaban J connectivity index is 0.960. The van der Waals surface area contributed by atoms with E-state index in [1.165, 1.54) is 34.8 Å². The third-order valence-corrected chi connectivity index (χ3v) is 8.01. The van der Waals surface area contributed by atoms with E-state index >= 15 is 0 Å². The highest BCUT2D eigenvalue weighted by Gasteiger charge is 2.21. The molecule has 0 saturated carbocycles. The fourth-order valence-electron chi connectivity index (χ4n) is 5.90. The summed E-state index contributed by atoms with van der Waals surface area (Å²) in [5.74, 6) is 2.44. The van der Waals surface area contributed by atoms with Gasteiger partial charge in [0, 0.05) is 31.7 Å². The van der Waals surface area contributed by atoms with Gasteiger partial charge < -0.3 is 19.1 Å². The first-order valence-corrected chi connectivity index (χ1v) is 13.9. The van der Waals surface area contributed by atoms with E-state index in [1.54, 1.807) is 0 Å². The lowest BCUT2D eigenvalue weighted by molar-refractivity contribution is 0.0414. The van der Waals surface area contributed by atoms with Gasteiger partial charge in [0.05, 0.1) is 19.8 Å². The van der Waals surface area contributed by atoms with Gasteiger partial charge in [-0.25, -0.2) is 0 Å². The molecule has 0 N–H and O–H groups in total. The van der Waals surface area contributed by atoms with E-state index in [1.807, 2.05) is 6.07 Å². The van der Waals surface area contributed by atoms with E-state index in [4.69, 9.17) is 14.2 Å². The molecule has 37 heavy (non-hydrogen) atoms. The molecule has 0 atom stereocenters. The lowest BCUT2D eigenvalue weighted by atomic mass is 9.88. The van der Waals surface area contributed by atoms with Gasteiger partial charge >= 0.3 is 0 Å². The molecule has 0 amide bonds. The number of benzene rings is 3. The van der Waals surface area contributed by atoms with Gasteiger partial charge in [-0.3, -0.25) is 4.90 Å². The van der Waals surface area contributed by atoms with E-state index in [0.29, 0.717) is 12.5 Å². The fraction of sp³-hybridized carbons (Fsp3) is 0.438. The van der Waals surface area contributed by atoms with Crippen LogP contribution in [0.25, 0.3) is 16.8 Å². The van der Waals surface area contributed by atoms with Crippen molar-refractivity contribution in [3.63, 3.8) is 0 Å². The largest absolute Gasteiger partial charge is 0.490 e. The molecule has 3 heterocycles. The monoisotopic (exact) mass is 498 g/mol. The molecule has 3 aromatic rings. The summed E-state index contributed by atoms with van der Waals surface area (Å²) in [6.07, 6.45) is 5.78. The number of ether oxygens (including phenoxy) is 3. The number of nitrogens with zero attached hydrogens (tertiary/aromatic N) is 2. The summed E-state index contributed by atoms with van der Waals surface area (Å²) in [6, 6.07) is 21.9. The maximum atomic E-state index is 6.20. The van der Waals surface area contributed by atoms with Gasteiger partial charge in [-0.1, -0.05) is 54.6 Å². The van der Waals surface area contributed by atoms with E-state index in [0.717, 1.165) is 82.6 Å². The van der Waals surface area contributed by atoms with Crippen molar-refractivity contribution in [1.29, 1.82) is 0 Å². The molecule has 3 aromatic carbocycles. The zero-order chi connectivity index (χ0) is 24.9. The number of piperidine rings is 1. The van der Waals surface area contributed by atoms with Crippen LogP contribution in [0.1, 0.15) is 36.3 Å². The van der Waals surface area contributed by atoms with E-state index in [9.17, 15) is 0 Å². The average Bonchev–Trinajstić information content (AvgIpc) is 2.96. The normalized spacial score (nSPS) is 19.3. The van der Waals surface area contributed by atoms with Crippen LogP contribution in [-0.4, -0.2) is 75.5 Å². The molecule has 0 spiro atoms. The van der Waals surface area contributed by atoms with Crippen molar-refractivity contribution in [2.75, 3.05) is 65.7 Å². The molecular weight excluding hydrogens is 460 g/mol. The SMILES string of the molecule is C1=C(CN2CCOCC2)COc2c1cccc2OCCCN1CCC(c2ccc3ccccc3c2)CC1. The minimum atomic E-state index is 0.636. The Morgan fingerprint density at radius 2 is 1.68 bits per heavy atom. The second-order valence-corrected chi connectivity index (χ2v) is 10.6. The molecule has 2 saturated heterocycles. The molecule has 6 rings (SSSR count). The molecule has 2 fully saturated rings. The molecule has 5 nitrogen and oxygen atoms in total. The maximum absolute atomic E-state index is 6.20. The molecule has 3 aliphatic rings. The second-order valence-electron chi connectivity index (χ2n) is 10.6. The zero-order valence-electron chi connectivity index (χ0n) is 21.7. The second kappa shape index (κ2) is 11.7. The lowest BCUT2D eigenvalue weighted by Crippen LogP contribution is -2.38. The van der Waals surface area contributed by atoms with Crippen LogP contribution < -0.4 is 9.47 Å². The summed E-state index contributed by atoms with van der Waals surface area (Å²) in [5.41, 5.74) is 3.94. The van der Waals surface area contributed by atoms with Crippen molar-refractivity contribution in [2.24, 2.45) is 0 Å². The van der Waals surface area contributed by atoms with Crippen molar-refractivity contribution in [3.05, 3.63) is 77.4 Å². The molecule has 0 radical (unpaired) electrons. The Kier molecular flexibility index (Phi) is 7.73. The van der Waals surface area contributed by atoms with Crippen LogP contribution in [0.5, 0.6) is 11.5 Å². The zero-order valence-corrected chi connectivity index (χ0v) is 21.7. The van der Waals surface area contributed by atoms with Crippen LogP contribution >= 0.6 is 0 Å². The third kappa shape index (κ3) is 6.01. The molecule has 5 heteroatoms. The number of rotatable bonds is 8. The van der Waals surface area contributed by atoms with Crippen molar-refractivity contribution in [1.82, 2.24) is 9.80 Å². The number of likely N-dealkylation sites (tertiary alicyclic amines) is 1. The highest BCUT2D eigenvalue weighted by Crippen LogP contribution is 2.36. The third-order valence-electron chi connectivity index (χ3n) is 8.01. The molecule has 0 unspecified atom stereocenters. The standard InChI is InChI=1S/C32H38N2O3/c1-2-6-28-22-29(10-9-26(28)5-1)27-11-14-33(15-12-27)13-4-18-36-31-8-3-7-30-21-25(24-37-32(30)31)23-34-16-19-35-20-17-34/h1-3,5-10,21-22,27H,4,11-20,23-24H2. The van der Waals surface area contributed by atoms with Crippen molar-refractivity contribution < 1.29 is 14.2 Å². The van der Waals surface area contributed by atoms with Crippen LogP contribution in [0, 0.1) is 0 Å². The molecule has 0 bridgehead atoms. The van der Waals surface area contributed by atoms with E-state index < -0.39 is 0 Å². The van der Waals surface area contributed by atoms with Crippen molar-refractivity contribution in [2.45, 2.75) is 25.2 Å². The maximum Gasteiger partial charge on any atom is 0.168 e. The molecule has 0 aromatic heterocycles. The topological polar surface area (TPSA) is 34.2 Å². The highest BCUT2D eigenvalue weighted by atomic mass is 16.5. The van der Waals surface area contributed by atoms with Gasteiger partial charge in [0.1, 0.15) is 6.61 Å². The first kappa shape index (κ1) is 24.5. The summed E-state index contributed by atoms with van der Waals surface area (Å²) >= 11 is 0. The number of fused-ring (bicyclic) bond motifs is 2. The summed E-state index contributed by atoms with van der Waals surface area (Å²) in [7, 11) is 0. The predicted molar refractivity (Wildman–Crippen MR) is 150 cm³/mol. The van der Waals surface area contributed by atoms with Gasteiger partial charge in [-0.15, -0.1) is 0 Å². The molecule has 3 aliphatic heterocycles. The highest BCUT2D eigenvalue weighted by molar-refractivity contribution is 5.83. The summed E-state index contributed by atoms with van der Waals surface area (Å²) in [4.78, 5) is 5.03. The molecular formula is C32H38N2O3. The number of hydrogen-bond acceptors (Lipinski definition) is 5. The molecule has 0 aliphatic carbocycles. The fourth-order valence-corrected chi connectivity index (χ4v) is 5.90. The first-order valence-electron chi connectivity index (χ1n) is 13.9. The van der Waals surface area contributed by atoms with Gasteiger partial charge in [-0.2, -0.15) is 0 Å². The van der Waals surface area contributed by atoms with Crippen LogP contribution in [-0.2, 0) is 4.74 Å². The Morgan fingerprint density at radius 1 is 0.838 bits per heavy atom. The van der Waals surface area contributed by atoms with Crippen molar-refractivity contribution >= 4 is 16.8 Å². The predicted octanol–water partition coefficient (Wildman–Crippen LogP) is 5.60. The number of para-hydroxylation sites is 1. The smallest absolute Gasteiger partial charge is 0.168 e. The van der Waals surface area contributed by atoms with Gasteiger partial charge in [0.15, 0.2) is 11.5 Å².